The summed E-state index contributed by atoms with van der Waals surface area (Å²) in [7, 11) is 1.62. The lowest BCUT2D eigenvalue weighted by Gasteiger charge is -1.99. The quantitative estimate of drug-likeness (QED) is 0.641. The smallest absolute Gasteiger partial charge is 0.277 e. The predicted octanol–water partition coefficient (Wildman–Crippen LogP) is 2.98. The van der Waals surface area contributed by atoms with Gasteiger partial charge in [-0.15, -0.1) is 20.4 Å². The zero-order valence-corrected chi connectivity index (χ0v) is 13.0. The monoisotopic (exact) mass is 318 g/mol. The number of hydrogen-bond donors (Lipinski definition) is 0. The number of aryl methyl sites for hydroxylation is 1. The molecular formula is C14H14N4O3S. The summed E-state index contributed by atoms with van der Waals surface area (Å²) in [4.78, 5) is 0. The fourth-order valence-electron chi connectivity index (χ4n) is 1.73. The van der Waals surface area contributed by atoms with Crippen LogP contribution in [0.25, 0.3) is 11.5 Å². The van der Waals surface area contributed by atoms with Crippen LogP contribution in [0.2, 0.25) is 0 Å². The average Bonchev–Trinajstić information content (AvgIpc) is 3.22. The van der Waals surface area contributed by atoms with E-state index in [1.165, 1.54) is 11.8 Å². The molecule has 0 amide bonds. The van der Waals surface area contributed by atoms with Gasteiger partial charge in [0.05, 0.1) is 12.9 Å². The van der Waals surface area contributed by atoms with E-state index in [0.29, 0.717) is 28.6 Å². The number of aromatic nitrogens is 4. The van der Waals surface area contributed by atoms with Gasteiger partial charge in [-0.2, -0.15) is 0 Å². The average molecular weight is 318 g/mol. The summed E-state index contributed by atoms with van der Waals surface area (Å²) in [6, 6.07) is 7.42. The normalized spacial score (nSPS) is 10.8. The topological polar surface area (TPSA) is 87.1 Å². The first kappa shape index (κ1) is 14.6. The summed E-state index contributed by atoms with van der Waals surface area (Å²) in [5.41, 5.74) is 0.839. The Hall–Kier alpha value is -2.35. The largest absolute Gasteiger partial charge is 0.497 e. The lowest BCUT2D eigenvalue weighted by Crippen LogP contribution is -1.82. The molecule has 0 fully saturated rings. The summed E-state index contributed by atoms with van der Waals surface area (Å²) >= 11 is 1.36. The molecule has 0 aliphatic carbocycles. The van der Waals surface area contributed by atoms with Gasteiger partial charge in [-0.25, -0.2) is 0 Å². The van der Waals surface area contributed by atoms with Crippen LogP contribution in [0.15, 0.2) is 38.3 Å². The molecule has 0 saturated heterocycles. The molecule has 0 aliphatic rings. The minimum absolute atomic E-state index is 0.460. The zero-order chi connectivity index (χ0) is 15.4. The van der Waals surface area contributed by atoms with Crippen LogP contribution in [-0.4, -0.2) is 27.5 Å². The summed E-state index contributed by atoms with van der Waals surface area (Å²) in [6.45, 7) is 1.96. The van der Waals surface area contributed by atoms with Crippen LogP contribution in [0.3, 0.4) is 0 Å². The Balaban J connectivity index is 1.65. The number of methoxy groups -OCH3 is 1. The molecule has 0 unspecified atom stereocenters. The van der Waals surface area contributed by atoms with E-state index in [9.17, 15) is 0 Å². The molecule has 0 aliphatic heterocycles. The van der Waals surface area contributed by atoms with Crippen LogP contribution in [-0.2, 0) is 12.2 Å². The van der Waals surface area contributed by atoms with Crippen LogP contribution >= 0.6 is 11.8 Å². The number of benzene rings is 1. The van der Waals surface area contributed by atoms with Crippen LogP contribution in [0, 0.1) is 0 Å². The molecule has 114 valence electrons. The van der Waals surface area contributed by atoms with E-state index >= 15 is 0 Å². The van der Waals surface area contributed by atoms with Crippen molar-refractivity contribution in [3.8, 4) is 17.2 Å². The van der Waals surface area contributed by atoms with Gasteiger partial charge in [0.1, 0.15) is 5.75 Å². The molecule has 0 N–H and O–H groups in total. The van der Waals surface area contributed by atoms with E-state index in [2.05, 4.69) is 20.4 Å². The Labute approximate surface area is 131 Å². The third-order valence-electron chi connectivity index (χ3n) is 2.87. The molecule has 2 heterocycles. The second kappa shape index (κ2) is 6.61. The van der Waals surface area contributed by atoms with Crippen molar-refractivity contribution in [2.45, 2.75) is 24.3 Å². The van der Waals surface area contributed by atoms with Crippen LogP contribution in [0.1, 0.15) is 18.7 Å². The number of rotatable bonds is 6. The van der Waals surface area contributed by atoms with Crippen molar-refractivity contribution in [3.63, 3.8) is 0 Å². The number of thioether (sulfide) groups is 1. The van der Waals surface area contributed by atoms with E-state index in [0.717, 1.165) is 17.7 Å². The molecule has 0 bridgehead atoms. The first-order valence-electron chi connectivity index (χ1n) is 6.70. The van der Waals surface area contributed by atoms with Crippen LogP contribution < -0.4 is 4.74 Å². The highest BCUT2D eigenvalue weighted by atomic mass is 32.2. The first-order valence-corrected chi connectivity index (χ1v) is 7.69. The fraction of sp³-hybridized carbons (Fsp3) is 0.286. The second-order valence-electron chi connectivity index (χ2n) is 4.33. The fourth-order valence-corrected chi connectivity index (χ4v) is 2.33. The van der Waals surface area contributed by atoms with Gasteiger partial charge in [-0.3, -0.25) is 0 Å². The van der Waals surface area contributed by atoms with E-state index in [1.807, 2.05) is 31.2 Å². The zero-order valence-electron chi connectivity index (χ0n) is 12.1. The van der Waals surface area contributed by atoms with E-state index in [-0.39, 0.29) is 0 Å². The molecule has 8 heteroatoms. The van der Waals surface area contributed by atoms with Gasteiger partial charge in [0.15, 0.2) is 0 Å². The SMILES string of the molecule is CCc1nnc(CSc2nnc(-c3ccc(OC)cc3)o2)o1. The van der Waals surface area contributed by atoms with E-state index in [4.69, 9.17) is 13.6 Å². The van der Waals surface area contributed by atoms with Gasteiger partial charge < -0.3 is 13.6 Å². The first-order chi connectivity index (χ1) is 10.8. The lowest BCUT2D eigenvalue weighted by molar-refractivity contribution is 0.414. The summed E-state index contributed by atoms with van der Waals surface area (Å²) in [6.07, 6.45) is 0.722. The van der Waals surface area contributed by atoms with E-state index in [1.54, 1.807) is 7.11 Å². The maximum atomic E-state index is 5.61. The Bertz CT molecular complexity index is 739. The van der Waals surface area contributed by atoms with Crippen molar-refractivity contribution in [1.29, 1.82) is 0 Å². The van der Waals surface area contributed by atoms with E-state index < -0.39 is 0 Å². The summed E-state index contributed by atoms with van der Waals surface area (Å²) in [5, 5.41) is 16.3. The molecular weight excluding hydrogens is 304 g/mol. The predicted molar refractivity (Wildman–Crippen MR) is 79.5 cm³/mol. The standard InChI is InChI=1S/C14H14N4O3S/c1-3-11-15-16-12(20-11)8-22-14-18-17-13(21-14)9-4-6-10(19-2)7-5-9/h4-7H,3,8H2,1-2H3. The molecule has 0 saturated carbocycles. The Morgan fingerprint density at radius 3 is 2.45 bits per heavy atom. The van der Waals surface area contributed by atoms with Crippen molar-refractivity contribution >= 4 is 11.8 Å². The molecule has 0 spiro atoms. The summed E-state index contributed by atoms with van der Waals surface area (Å²) in [5.74, 6) is 2.91. The van der Waals surface area contributed by atoms with Gasteiger partial charge >= 0.3 is 0 Å². The maximum absolute atomic E-state index is 5.61. The Morgan fingerprint density at radius 2 is 1.77 bits per heavy atom. The molecule has 1 aromatic carbocycles. The Morgan fingerprint density at radius 1 is 1.00 bits per heavy atom. The maximum Gasteiger partial charge on any atom is 0.277 e. The summed E-state index contributed by atoms with van der Waals surface area (Å²) < 4.78 is 16.1. The molecule has 3 aromatic rings. The number of hydrogen-bond acceptors (Lipinski definition) is 8. The minimum Gasteiger partial charge on any atom is -0.497 e. The van der Waals surface area contributed by atoms with Gasteiger partial charge in [-0.1, -0.05) is 18.7 Å². The lowest BCUT2D eigenvalue weighted by atomic mass is 10.2. The van der Waals surface area contributed by atoms with Gasteiger partial charge in [0.25, 0.3) is 5.22 Å². The van der Waals surface area contributed by atoms with Gasteiger partial charge in [0.2, 0.25) is 17.7 Å². The van der Waals surface area contributed by atoms with Crippen LogP contribution in [0.4, 0.5) is 0 Å². The highest BCUT2D eigenvalue weighted by molar-refractivity contribution is 7.98. The molecule has 3 rings (SSSR count). The molecule has 0 atom stereocenters. The van der Waals surface area contributed by atoms with Crippen molar-refractivity contribution in [2.24, 2.45) is 0 Å². The van der Waals surface area contributed by atoms with Gasteiger partial charge in [-0.05, 0) is 24.3 Å². The Kier molecular flexibility index (Phi) is 4.38. The molecule has 2 aromatic heterocycles. The molecule has 7 nitrogen and oxygen atoms in total. The third kappa shape index (κ3) is 3.28. The minimum atomic E-state index is 0.460. The van der Waals surface area contributed by atoms with Crippen LogP contribution in [0.5, 0.6) is 5.75 Å². The number of ether oxygens (including phenoxy) is 1. The molecule has 0 radical (unpaired) electrons. The third-order valence-corrected chi connectivity index (χ3v) is 3.68. The highest BCUT2D eigenvalue weighted by Gasteiger charge is 2.11. The van der Waals surface area contributed by atoms with Crippen molar-refractivity contribution < 1.29 is 13.6 Å². The molecule has 22 heavy (non-hydrogen) atoms. The van der Waals surface area contributed by atoms with Crippen molar-refractivity contribution in [2.75, 3.05) is 7.11 Å². The second-order valence-corrected chi connectivity index (χ2v) is 5.26. The van der Waals surface area contributed by atoms with Crippen molar-refractivity contribution in [1.82, 2.24) is 20.4 Å². The van der Waals surface area contributed by atoms with Gasteiger partial charge in [0, 0.05) is 12.0 Å². The van der Waals surface area contributed by atoms with Crippen molar-refractivity contribution in [3.05, 3.63) is 36.0 Å². The highest BCUT2D eigenvalue weighted by Crippen LogP contribution is 2.26. The number of nitrogens with zero attached hydrogens (tertiary/aromatic N) is 4.